The van der Waals surface area contributed by atoms with Crippen LogP contribution < -0.4 is 0 Å². The molecule has 0 aliphatic carbocycles. The molecule has 0 aliphatic rings. The zero-order valence-electron chi connectivity index (χ0n) is 8.91. The number of benzene rings is 1. The predicted octanol–water partition coefficient (Wildman–Crippen LogP) is 3.04. The van der Waals surface area contributed by atoms with E-state index in [9.17, 15) is 5.11 Å². The maximum Gasteiger partial charge on any atom is 0.195 e. The van der Waals surface area contributed by atoms with Crippen LogP contribution in [0.4, 0.5) is 0 Å². The molecular weight excluding hydrogens is 252 g/mol. The minimum Gasteiger partial charge on any atom is -0.390 e. The molecule has 17 heavy (non-hydrogen) atoms. The summed E-state index contributed by atoms with van der Waals surface area (Å²) < 4.78 is 1.94. The van der Waals surface area contributed by atoms with Crippen LogP contribution in [0.3, 0.4) is 0 Å². The Morgan fingerprint density at radius 3 is 2.88 bits per heavy atom. The molecule has 0 saturated heterocycles. The van der Waals surface area contributed by atoms with Gasteiger partial charge in [-0.2, -0.15) is 0 Å². The van der Waals surface area contributed by atoms with Crippen molar-refractivity contribution in [3.8, 4) is 0 Å². The molecule has 0 saturated carbocycles. The van der Waals surface area contributed by atoms with Crippen molar-refractivity contribution in [3.05, 3.63) is 47.6 Å². The second-order valence-electron chi connectivity index (χ2n) is 3.49. The van der Waals surface area contributed by atoms with Crippen LogP contribution in [0.25, 0.3) is 4.96 Å². The molecule has 1 aromatic carbocycles. The van der Waals surface area contributed by atoms with E-state index < -0.39 is 0 Å². The maximum atomic E-state index is 9.43. The van der Waals surface area contributed by atoms with Crippen molar-refractivity contribution in [2.75, 3.05) is 0 Å². The van der Waals surface area contributed by atoms with Crippen molar-refractivity contribution >= 4 is 28.1 Å². The Morgan fingerprint density at radius 2 is 2.12 bits per heavy atom. The number of aliphatic hydroxyl groups is 1. The number of thiazole rings is 1. The highest BCUT2D eigenvalue weighted by Crippen LogP contribution is 2.31. The Kier molecular flexibility index (Phi) is 2.88. The molecule has 0 aliphatic heterocycles. The summed E-state index contributed by atoms with van der Waals surface area (Å²) in [5.41, 5.74) is 0.857. The summed E-state index contributed by atoms with van der Waals surface area (Å²) in [6.07, 6.45) is 1.94. The zero-order valence-corrected chi connectivity index (χ0v) is 10.5. The molecule has 0 spiro atoms. The van der Waals surface area contributed by atoms with Gasteiger partial charge in [-0.3, -0.25) is 4.40 Å². The zero-order chi connectivity index (χ0) is 11.7. The molecule has 3 aromatic rings. The average molecular weight is 262 g/mol. The highest BCUT2D eigenvalue weighted by atomic mass is 32.2. The maximum absolute atomic E-state index is 9.43. The fraction of sp³-hybridized carbons (Fsp3) is 0.0833. The minimum atomic E-state index is 0.00701. The Labute approximate surface area is 107 Å². The van der Waals surface area contributed by atoms with Crippen LogP contribution in [0, 0.1) is 0 Å². The van der Waals surface area contributed by atoms with Gasteiger partial charge in [-0.05, 0) is 12.1 Å². The summed E-state index contributed by atoms with van der Waals surface area (Å²) in [4.78, 5) is 6.58. The third-order valence-corrected chi connectivity index (χ3v) is 4.22. The van der Waals surface area contributed by atoms with Gasteiger partial charge in [-0.1, -0.05) is 30.0 Å². The summed E-state index contributed by atoms with van der Waals surface area (Å²) in [5.74, 6) is 0. The molecule has 3 nitrogen and oxygen atoms in total. The molecule has 5 heteroatoms. The van der Waals surface area contributed by atoms with E-state index in [1.54, 1.807) is 23.1 Å². The van der Waals surface area contributed by atoms with Crippen molar-refractivity contribution in [1.82, 2.24) is 9.38 Å². The number of hydrogen-bond acceptors (Lipinski definition) is 4. The molecule has 86 valence electrons. The molecule has 0 amide bonds. The largest absolute Gasteiger partial charge is 0.390 e. The first-order valence-corrected chi connectivity index (χ1v) is 6.86. The van der Waals surface area contributed by atoms with Crippen molar-refractivity contribution in [3.63, 3.8) is 0 Å². The first-order chi connectivity index (χ1) is 8.38. The molecule has 2 heterocycles. The van der Waals surface area contributed by atoms with E-state index in [0.29, 0.717) is 0 Å². The Bertz CT molecular complexity index is 630. The second-order valence-corrected chi connectivity index (χ2v) is 5.43. The van der Waals surface area contributed by atoms with Gasteiger partial charge >= 0.3 is 0 Å². The van der Waals surface area contributed by atoms with Gasteiger partial charge in [-0.15, -0.1) is 11.3 Å². The number of aliphatic hydroxyl groups excluding tert-OH is 1. The van der Waals surface area contributed by atoms with Crippen LogP contribution in [-0.4, -0.2) is 14.5 Å². The normalized spacial score (nSPS) is 11.1. The monoisotopic (exact) mass is 262 g/mol. The van der Waals surface area contributed by atoms with Gasteiger partial charge in [0, 0.05) is 16.5 Å². The Morgan fingerprint density at radius 1 is 1.29 bits per heavy atom. The van der Waals surface area contributed by atoms with Crippen molar-refractivity contribution in [2.45, 2.75) is 16.5 Å². The second kappa shape index (κ2) is 4.52. The van der Waals surface area contributed by atoms with Gasteiger partial charge in [0.25, 0.3) is 0 Å². The molecule has 2 aromatic heterocycles. The van der Waals surface area contributed by atoms with Crippen LogP contribution in [0.1, 0.15) is 5.69 Å². The summed E-state index contributed by atoms with van der Waals surface area (Å²) in [7, 11) is 0. The number of imidazole rings is 1. The minimum absolute atomic E-state index is 0.00701. The number of hydrogen-bond donors (Lipinski definition) is 1. The standard InChI is InChI=1S/C12H10N2OS2/c15-8-10-11(13-12-14(10)6-7-16-12)17-9-4-2-1-3-5-9/h1-7,15H,8H2. The van der Waals surface area contributed by atoms with Crippen LogP contribution in [-0.2, 0) is 6.61 Å². The topological polar surface area (TPSA) is 37.5 Å². The molecule has 0 unspecified atom stereocenters. The smallest absolute Gasteiger partial charge is 0.195 e. The molecule has 3 rings (SSSR count). The fourth-order valence-electron chi connectivity index (χ4n) is 1.64. The van der Waals surface area contributed by atoms with Gasteiger partial charge in [-0.25, -0.2) is 4.98 Å². The number of aromatic nitrogens is 2. The van der Waals surface area contributed by atoms with E-state index >= 15 is 0 Å². The van der Waals surface area contributed by atoms with Gasteiger partial charge in [0.05, 0.1) is 12.3 Å². The van der Waals surface area contributed by atoms with Crippen molar-refractivity contribution in [2.24, 2.45) is 0 Å². The third-order valence-electron chi connectivity index (χ3n) is 2.43. The van der Waals surface area contributed by atoms with E-state index in [1.165, 1.54) is 0 Å². The lowest BCUT2D eigenvalue weighted by Gasteiger charge is -2.00. The molecule has 0 radical (unpaired) electrons. The van der Waals surface area contributed by atoms with Crippen LogP contribution in [0.5, 0.6) is 0 Å². The lowest BCUT2D eigenvalue weighted by Crippen LogP contribution is -1.90. The molecule has 0 fully saturated rings. The summed E-state index contributed by atoms with van der Waals surface area (Å²) >= 11 is 3.16. The van der Waals surface area contributed by atoms with Crippen molar-refractivity contribution < 1.29 is 5.11 Å². The van der Waals surface area contributed by atoms with E-state index in [4.69, 9.17) is 0 Å². The van der Waals surface area contributed by atoms with Crippen LogP contribution in [0.15, 0.2) is 51.8 Å². The van der Waals surface area contributed by atoms with E-state index in [0.717, 1.165) is 20.6 Å². The quantitative estimate of drug-likeness (QED) is 0.788. The Hall–Kier alpha value is -1.30. The average Bonchev–Trinajstić information content (AvgIpc) is 2.90. The van der Waals surface area contributed by atoms with Crippen LogP contribution in [0.2, 0.25) is 0 Å². The number of fused-ring (bicyclic) bond motifs is 1. The lowest BCUT2D eigenvalue weighted by atomic mass is 10.4. The highest BCUT2D eigenvalue weighted by Gasteiger charge is 2.13. The molecule has 0 bridgehead atoms. The molecule has 1 N–H and O–H groups in total. The van der Waals surface area contributed by atoms with Crippen LogP contribution >= 0.6 is 23.1 Å². The third kappa shape index (κ3) is 1.97. The highest BCUT2D eigenvalue weighted by molar-refractivity contribution is 7.99. The predicted molar refractivity (Wildman–Crippen MR) is 69.6 cm³/mol. The Balaban J connectivity index is 2.02. The SMILES string of the molecule is OCc1c(Sc2ccccc2)nc2sccn12. The molecular formula is C12H10N2OS2. The molecule has 0 atom stereocenters. The number of nitrogens with zero attached hydrogens (tertiary/aromatic N) is 2. The van der Waals surface area contributed by atoms with E-state index in [1.807, 2.05) is 46.3 Å². The lowest BCUT2D eigenvalue weighted by molar-refractivity contribution is 0.272. The van der Waals surface area contributed by atoms with Gasteiger partial charge in [0.15, 0.2) is 4.96 Å². The van der Waals surface area contributed by atoms with E-state index in [2.05, 4.69) is 4.98 Å². The van der Waals surface area contributed by atoms with Gasteiger partial charge in [0.2, 0.25) is 0 Å². The summed E-state index contributed by atoms with van der Waals surface area (Å²) in [5, 5.41) is 12.3. The van der Waals surface area contributed by atoms with Gasteiger partial charge < -0.3 is 5.11 Å². The fourth-order valence-corrected chi connectivity index (χ4v) is 3.36. The summed E-state index contributed by atoms with van der Waals surface area (Å²) in [6.45, 7) is 0.00701. The van der Waals surface area contributed by atoms with Gasteiger partial charge in [0.1, 0.15) is 5.03 Å². The first-order valence-electron chi connectivity index (χ1n) is 5.16. The first kappa shape index (κ1) is 10.8. The van der Waals surface area contributed by atoms with E-state index in [-0.39, 0.29) is 6.61 Å². The summed E-state index contributed by atoms with van der Waals surface area (Å²) in [6, 6.07) is 10.1. The number of rotatable bonds is 3. The van der Waals surface area contributed by atoms with Crippen molar-refractivity contribution in [1.29, 1.82) is 0 Å².